The van der Waals surface area contributed by atoms with Gasteiger partial charge in [0.15, 0.2) is 0 Å². The minimum atomic E-state index is -0.0479. The molecule has 0 aliphatic heterocycles. The molecule has 2 aromatic rings. The number of carbonyl (C=O) groups is 1. The van der Waals surface area contributed by atoms with Crippen LogP contribution in [0.25, 0.3) is 11.1 Å². The van der Waals surface area contributed by atoms with Gasteiger partial charge in [-0.2, -0.15) is 0 Å². The summed E-state index contributed by atoms with van der Waals surface area (Å²) in [6.07, 6.45) is 13.9. The predicted octanol–water partition coefficient (Wildman–Crippen LogP) is 8.53. The number of rotatable bonds is 10. The maximum absolute atomic E-state index is 12.1. The zero-order valence-corrected chi connectivity index (χ0v) is 20.4. The van der Waals surface area contributed by atoms with Gasteiger partial charge in [0.05, 0.1) is 0 Å². The molecule has 0 radical (unpaired) electrons. The van der Waals surface area contributed by atoms with Crippen molar-refractivity contribution in [2.75, 3.05) is 11.9 Å². The Hall–Kier alpha value is -2.35. The van der Waals surface area contributed by atoms with Crippen molar-refractivity contribution < 1.29 is 4.79 Å². The fraction of sp³-hybridized carbons (Fsp3) is 0.500. The predicted molar refractivity (Wildman–Crippen MR) is 138 cm³/mol. The standard InChI is InChI=1S/C30H41NO/c1-5-6-7-8-9-10-24-11-13-25(14-12-24)26-15-17-27(18-16-26)28-19-21-29(22-20-28)31(4)30(32)23(2)3/h15-22,24-25H,2,5-14H2,1,3-4H3. The van der Waals surface area contributed by atoms with E-state index < -0.39 is 0 Å². The maximum Gasteiger partial charge on any atom is 0.253 e. The lowest BCUT2D eigenvalue weighted by atomic mass is 9.77. The third-order valence-electron chi connectivity index (χ3n) is 7.20. The fourth-order valence-electron chi connectivity index (χ4n) is 5.05. The van der Waals surface area contributed by atoms with Crippen molar-refractivity contribution in [3.05, 3.63) is 66.2 Å². The number of anilines is 1. The number of hydrogen-bond acceptors (Lipinski definition) is 1. The summed E-state index contributed by atoms with van der Waals surface area (Å²) in [5.74, 6) is 1.64. The van der Waals surface area contributed by atoms with Crippen molar-refractivity contribution in [2.45, 2.75) is 84.0 Å². The second-order valence-electron chi connectivity index (χ2n) is 9.73. The molecule has 0 spiro atoms. The smallest absolute Gasteiger partial charge is 0.253 e. The van der Waals surface area contributed by atoms with Gasteiger partial charge in [0.1, 0.15) is 0 Å². The van der Waals surface area contributed by atoms with Crippen LogP contribution in [0.15, 0.2) is 60.7 Å². The Morgan fingerprint density at radius 3 is 2.00 bits per heavy atom. The maximum atomic E-state index is 12.1. The normalized spacial score (nSPS) is 18.3. The van der Waals surface area contributed by atoms with Crippen LogP contribution in [0.4, 0.5) is 5.69 Å². The SMILES string of the molecule is C=C(C)C(=O)N(C)c1ccc(-c2ccc(C3CCC(CCCCCCC)CC3)cc2)cc1. The van der Waals surface area contributed by atoms with Crippen LogP contribution >= 0.6 is 0 Å². The van der Waals surface area contributed by atoms with Crippen molar-refractivity contribution in [1.82, 2.24) is 0 Å². The van der Waals surface area contributed by atoms with Crippen LogP contribution in [0.2, 0.25) is 0 Å². The summed E-state index contributed by atoms with van der Waals surface area (Å²) in [5, 5.41) is 0. The van der Waals surface area contributed by atoms with Crippen LogP contribution in [0.5, 0.6) is 0 Å². The highest BCUT2D eigenvalue weighted by atomic mass is 16.2. The highest BCUT2D eigenvalue weighted by Crippen LogP contribution is 2.38. The summed E-state index contributed by atoms with van der Waals surface area (Å²) in [7, 11) is 1.79. The summed E-state index contributed by atoms with van der Waals surface area (Å²) >= 11 is 0. The van der Waals surface area contributed by atoms with Gasteiger partial charge in [0, 0.05) is 18.3 Å². The second kappa shape index (κ2) is 12.0. The number of nitrogens with zero attached hydrogens (tertiary/aromatic N) is 1. The Morgan fingerprint density at radius 1 is 0.875 bits per heavy atom. The van der Waals surface area contributed by atoms with E-state index in [1.807, 2.05) is 12.1 Å². The number of carbonyl (C=O) groups excluding carboxylic acids is 1. The summed E-state index contributed by atoms with van der Waals surface area (Å²) in [4.78, 5) is 13.8. The molecule has 0 aromatic heterocycles. The Balaban J connectivity index is 1.51. The van der Waals surface area contributed by atoms with E-state index in [4.69, 9.17) is 0 Å². The third kappa shape index (κ3) is 6.58. The molecule has 1 aliphatic rings. The van der Waals surface area contributed by atoms with Gasteiger partial charge in [-0.15, -0.1) is 0 Å². The molecule has 1 fully saturated rings. The first kappa shape index (κ1) is 24.3. The molecule has 0 saturated heterocycles. The molecule has 0 atom stereocenters. The summed E-state index contributed by atoms with van der Waals surface area (Å²) in [5.41, 5.74) is 5.35. The molecule has 1 saturated carbocycles. The van der Waals surface area contributed by atoms with Gasteiger partial charge < -0.3 is 4.90 Å². The highest BCUT2D eigenvalue weighted by molar-refractivity contribution is 6.04. The number of amides is 1. The first-order valence-electron chi connectivity index (χ1n) is 12.6. The lowest BCUT2D eigenvalue weighted by Crippen LogP contribution is -2.26. The van der Waals surface area contributed by atoms with Gasteiger partial charge in [0.25, 0.3) is 5.91 Å². The van der Waals surface area contributed by atoms with Crippen LogP contribution < -0.4 is 4.90 Å². The van der Waals surface area contributed by atoms with Gasteiger partial charge in [-0.25, -0.2) is 0 Å². The molecular weight excluding hydrogens is 390 g/mol. The minimum absolute atomic E-state index is 0.0479. The topological polar surface area (TPSA) is 20.3 Å². The van der Waals surface area contributed by atoms with Crippen LogP contribution in [-0.2, 0) is 4.79 Å². The molecule has 0 bridgehead atoms. The lowest BCUT2D eigenvalue weighted by molar-refractivity contribution is -0.114. The third-order valence-corrected chi connectivity index (χ3v) is 7.20. The molecule has 0 unspecified atom stereocenters. The Bertz CT molecular complexity index is 857. The van der Waals surface area contributed by atoms with Gasteiger partial charge in [-0.1, -0.05) is 88.4 Å². The Morgan fingerprint density at radius 2 is 1.44 bits per heavy atom. The lowest BCUT2D eigenvalue weighted by Gasteiger charge is -2.29. The largest absolute Gasteiger partial charge is 0.312 e. The van der Waals surface area contributed by atoms with Crippen LogP contribution in [0, 0.1) is 5.92 Å². The van der Waals surface area contributed by atoms with Crippen LogP contribution in [0.3, 0.4) is 0 Å². The molecule has 2 heteroatoms. The molecule has 1 amide bonds. The minimum Gasteiger partial charge on any atom is -0.312 e. The molecular formula is C30H41NO. The molecule has 32 heavy (non-hydrogen) atoms. The van der Waals surface area contributed by atoms with Crippen molar-refractivity contribution >= 4 is 11.6 Å². The van der Waals surface area contributed by atoms with E-state index in [0.29, 0.717) is 5.57 Å². The zero-order valence-electron chi connectivity index (χ0n) is 20.4. The van der Waals surface area contributed by atoms with Crippen molar-refractivity contribution in [1.29, 1.82) is 0 Å². The quantitative estimate of drug-likeness (QED) is 0.273. The molecule has 0 heterocycles. The molecule has 3 rings (SSSR count). The van der Waals surface area contributed by atoms with E-state index >= 15 is 0 Å². The highest BCUT2D eigenvalue weighted by Gasteiger charge is 2.22. The van der Waals surface area contributed by atoms with E-state index in [0.717, 1.165) is 17.5 Å². The van der Waals surface area contributed by atoms with E-state index in [1.54, 1.807) is 18.9 Å². The van der Waals surface area contributed by atoms with E-state index in [-0.39, 0.29) is 5.91 Å². The molecule has 172 valence electrons. The summed E-state index contributed by atoms with van der Waals surface area (Å²) < 4.78 is 0. The monoisotopic (exact) mass is 431 g/mol. The average Bonchev–Trinajstić information content (AvgIpc) is 2.83. The van der Waals surface area contributed by atoms with Gasteiger partial charge >= 0.3 is 0 Å². The van der Waals surface area contributed by atoms with Gasteiger partial charge in [0.2, 0.25) is 0 Å². The molecule has 2 aromatic carbocycles. The first-order chi connectivity index (χ1) is 15.5. The number of benzene rings is 2. The molecule has 2 nitrogen and oxygen atoms in total. The van der Waals surface area contributed by atoms with Crippen molar-refractivity contribution in [3.8, 4) is 11.1 Å². The number of likely N-dealkylation sites (N-methyl/N-ethyl adjacent to an activating group) is 1. The average molecular weight is 432 g/mol. The number of unbranched alkanes of at least 4 members (excludes halogenated alkanes) is 4. The molecule has 1 aliphatic carbocycles. The first-order valence-corrected chi connectivity index (χ1v) is 12.6. The van der Waals surface area contributed by atoms with E-state index in [1.165, 1.54) is 80.9 Å². The van der Waals surface area contributed by atoms with Crippen molar-refractivity contribution in [2.24, 2.45) is 5.92 Å². The van der Waals surface area contributed by atoms with Crippen LogP contribution in [-0.4, -0.2) is 13.0 Å². The summed E-state index contributed by atoms with van der Waals surface area (Å²) in [6.45, 7) is 7.78. The second-order valence-corrected chi connectivity index (χ2v) is 9.73. The van der Waals surface area contributed by atoms with Crippen LogP contribution in [0.1, 0.15) is 89.5 Å². The van der Waals surface area contributed by atoms with Gasteiger partial charge in [-0.05, 0) is 73.3 Å². The summed E-state index contributed by atoms with van der Waals surface area (Å²) in [6, 6.07) is 17.4. The Kier molecular flexibility index (Phi) is 9.14. The van der Waals surface area contributed by atoms with Gasteiger partial charge in [-0.3, -0.25) is 4.79 Å². The fourth-order valence-corrected chi connectivity index (χ4v) is 5.05. The van der Waals surface area contributed by atoms with Crippen molar-refractivity contribution in [3.63, 3.8) is 0 Å². The zero-order chi connectivity index (χ0) is 22.9. The van der Waals surface area contributed by atoms with E-state index in [9.17, 15) is 4.79 Å². The number of hydrogen-bond donors (Lipinski definition) is 0. The van der Waals surface area contributed by atoms with E-state index in [2.05, 4.69) is 49.9 Å². The molecule has 0 N–H and O–H groups in total. The Labute approximate surface area is 195 Å².